The fraction of sp³-hybridized carbons (Fsp3) is 0.300. The van der Waals surface area contributed by atoms with Crippen molar-refractivity contribution in [2.24, 2.45) is 0 Å². The average Bonchev–Trinajstić information content (AvgIpc) is 2.55. The summed E-state index contributed by atoms with van der Waals surface area (Å²) in [6, 6.07) is 14.6. The number of hydrogen-bond donors (Lipinski definition) is 1. The van der Waals surface area contributed by atoms with Gasteiger partial charge in [-0.05, 0) is 49.6 Å². The molecule has 0 fully saturated rings. The van der Waals surface area contributed by atoms with Crippen molar-refractivity contribution in [1.82, 2.24) is 0 Å². The van der Waals surface area contributed by atoms with Crippen molar-refractivity contribution in [3.63, 3.8) is 0 Å². The van der Waals surface area contributed by atoms with Gasteiger partial charge in [-0.15, -0.1) is 0 Å². The first-order valence-electron chi connectivity index (χ1n) is 8.05. The second-order valence-corrected chi connectivity index (χ2v) is 6.11. The molecule has 0 aliphatic heterocycles. The first-order chi connectivity index (χ1) is 11.4. The van der Waals surface area contributed by atoms with Gasteiger partial charge in [0.15, 0.2) is 11.9 Å². The van der Waals surface area contributed by atoms with Crippen LogP contribution in [0.15, 0.2) is 48.5 Å². The highest BCUT2D eigenvalue weighted by Crippen LogP contribution is 2.21. The third kappa shape index (κ3) is 4.69. The van der Waals surface area contributed by atoms with Crippen LogP contribution in [0.1, 0.15) is 49.5 Å². The highest BCUT2D eigenvalue weighted by atomic mass is 16.5. The highest BCUT2D eigenvalue weighted by molar-refractivity contribution is 5.98. The molecule has 0 aliphatic rings. The molecule has 1 N–H and O–H groups in total. The molecule has 0 spiro atoms. The van der Waals surface area contributed by atoms with Crippen molar-refractivity contribution in [2.45, 2.75) is 39.7 Å². The number of ether oxygens (including phenoxy) is 1. The van der Waals surface area contributed by atoms with Gasteiger partial charge in [-0.1, -0.05) is 38.1 Å². The maximum Gasteiger partial charge on any atom is 0.265 e. The first kappa shape index (κ1) is 17.7. The van der Waals surface area contributed by atoms with Crippen LogP contribution < -0.4 is 10.1 Å². The molecule has 0 heterocycles. The lowest BCUT2D eigenvalue weighted by Crippen LogP contribution is -2.30. The van der Waals surface area contributed by atoms with E-state index in [1.54, 1.807) is 31.2 Å². The molecule has 2 aromatic rings. The Labute approximate surface area is 142 Å². The van der Waals surface area contributed by atoms with Crippen LogP contribution in [0.2, 0.25) is 0 Å². The van der Waals surface area contributed by atoms with Crippen LogP contribution in [0, 0.1) is 0 Å². The predicted molar refractivity (Wildman–Crippen MR) is 95.7 cm³/mol. The van der Waals surface area contributed by atoms with Gasteiger partial charge in [-0.3, -0.25) is 9.59 Å². The maximum atomic E-state index is 12.3. The minimum atomic E-state index is -0.645. The van der Waals surface area contributed by atoms with E-state index in [4.69, 9.17) is 4.74 Å². The standard InChI is InChI=1S/C20H23NO3/c1-13(2)16-7-6-10-19(12-16)24-15(4)20(23)21-18-9-5-8-17(11-18)14(3)22/h5-13,15H,1-4H3,(H,21,23). The van der Waals surface area contributed by atoms with Crippen molar-refractivity contribution in [3.8, 4) is 5.75 Å². The van der Waals surface area contributed by atoms with Gasteiger partial charge in [0.2, 0.25) is 0 Å². The van der Waals surface area contributed by atoms with Crippen LogP contribution in [-0.2, 0) is 4.79 Å². The number of benzene rings is 2. The van der Waals surface area contributed by atoms with Crippen LogP contribution in [0.4, 0.5) is 5.69 Å². The zero-order valence-corrected chi connectivity index (χ0v) is 14.5. The SMILES string of the molecule is CC(=O)c1cccc(NC(=O)C(C)Oc2cccc(C(C)C)c2)c1. The van der Waals surface area contributed by atoms with Gasteiger partial charge in [-0.25, -0.2) is 0 Å². The number of anilines is 1. The van der Waals surface area contributed by atoms with Crippen LogP contribution in [0.5, 0.6) is 5.75 Å². The van der Waals surface area contributed by atoms with E-state index in [2.05, 4.69) is 19.2 Å². The molecule has 0 radical (unpaired) electrons. The molecule has 1 atom stereocenters. The van der Waals surface area contributed by atoms with Crippen LogP contribution in [0.25, 0.3) is 0 Å². The van der Waals surface area contributed by atoms with Crippen molar-refractivity contribution in [2.75, 3.05) is 5.32 Å². The predicted octanol–water partition coefficient (Wildman–Crippen LogP) is 4.42. The molecule has 126 valence electrons. The molecule has 1 unspecified atom stereocenters. The van der Waals surface area contributed by atoms with E-state index in [1.807, 2.05) is 24.3 Å². The maximum absolute atomic E-state index is 12.3. The van der Waals surface area contributed by atoms with Gasteiger partial charge in [0.25, 0.3) is 5.91 Å². The van der Waals surface area contributed by atoms with Crippen LogP contribution in [0.3, 0.4) is 0 Å². The summed E-state index contributed by atoms with van der Waals surface area (Å²) in [6.07, 6.45) is -0.645. The lowest BCUT2D eigenvalue weighted by atomic mass is 10.0. The molecular formula is C20H23NO3. The fourth-order valence-electron chi connectivity index (χ4n) is 2.26. The molecule has 0 bridgehead atoms. The van der Waals surface area contributed by atoms with E-state index in [-0.39, 0.29) is 11.7 Å². The van der Waals surface area contributed by atoms with Crippen LogP contribution >= 0.6 is 0 Å². The summed E-state index contributed by atoms with van der Waals surface area (Å²) in [4.78, 5) is 23.7. The Bertz CT molecular complexity index is 737. The summed E-state index contributed by atoms with van der Waals surface area (Å²) in [5.41, 5.74) is 2.30. The van der Waals surface area contributed by atoms with E-state index < -0.39 is 6.10 Å². The molecule has 24 heavy (non-hydrogen) atoms. The zero-order chi connectivity index (χ0) is 17.7. The van der Waals surface area contributed by atoms with E-state index in [0.717, 1.165) is 5.56 Å². The third-order valence-electron chi connectivity index (χ3n) is 3.74. The molecule has 0 aromatic heterocycles. The molecule has 4 heteroatoms. The Morgan fingerprint density at radius 3 is 2.38 bits per heavy atom. The number of rotatable bonds is 6. The summed E-state index contributed by atoms with van der Waals surface area (Å²) >= 11 is 0. The Morgan fingerprint density at radius 2 is 1.71 bits per heavy atom. The topological polar surface area (TPSA) is 55.4 Å². The molecule has 0 saturated carbocycles. The van der Waals surface area contributed by atoms with Crippen molar-refractivity contribution in [1.29, 1.82) is 0 Å². The minimum Gasteiger partial charge on any atom is -0.481 e. The number of carbonyl (C=O) groups excluding carboxylic acids is 2. The summed E-state index contributed by atoms with van der Waals surface area (Å²) < 4.78 is 5.74. The fourth-order valence-corrected chi connectivity index (χ4v) is 2.26. The lowest BCUT2D eigenvalue weighted by Gasteiger charge is -2.16. The molecule has 1 amide bonds. The summed E-state index contributed by atoms with van der Waals surface area (Å²) in [6.45, 7) is 7.41. The van der Waals surface area contributed by atoms with Gasteiger partial charge in [0, 0.05) is 11.3 Å². The van der Waals surface area contributed by atoms with Gasteiger partial charge < -0.3 is 10.1 Å². The van der Waals surface area contributed by atoms with Crippen molar-refractivity contribution >= 4 is 17.4 Å². The third-order valence-corrected chi connectivity index (χ3v) is 3.74. The van der Waals surface area contributed by atoms with Crippen molar-refractivity contribution in [3.05, 3.63) is 59.7 Å². The van der Waals surface area contributed by atoms with Gasteiger partial charge in [-0.2, -0.15) is 0 Å². The number of Topliss-reactive ketones (excluding diaryl/α,β-unsaturated/α-hetero) is 1. The molecule has 4 nitrogen and oxygen atoms in total. The summed E-state index contributed by atoms with van der Waals surface area (Å²) in [7, 11) is 0. The molecular weight excluding hydrogens is 302 g/mol. The second kappa shape index (κ2) is 7.77. The van der Waals surface area contributed by atoms with Gasteiger partial charge in [0.1, 0.15) is 5.75 Å². The Balaban J connectivity index is 2.03. The van der Waals surface area contributed by atoms with Crippen LogP contribution in [-0.4, -0.2) is 17.8 Å². The van der Waals surface area contributed by atoms with Gasteiger partial charge in [0.05, 0.1) is 0 Å². The van der Waals surface area contributed by atoms with Crippen molar-refractivity contribution < 1.29 is 14.3 Å². The van der Waals surface area contributed by atoms with E-state index in [1.165, 1.54) is 6.92 Å². The summed E-state index contributed by atoms with van der Waals surface area (Å²) in [5.74, 6) is 0.764. The van der Waals surface area contributed by atoms with Gasteiger partial charge >= 0.3 is 0 Å². The number of carbonyl (C=O) groups is 2. The minimum absolute atomic E-state index is 0.0408. The lowest BCUT2D eigenvalue weighted by molar-refractivity contribution is -0.122. The second-order valence-electron chi connectivity index (χ2n) is 6.11. The molecule has 2 aromatic carbocycles. The molecule has 0 saturated heterocycles. The van der Waals surface area contributed by atoms with E-state index >= 15 is 0 Å². The summed E-state index contributed by atoms with van der Waals surface area (Å²) in [5, 5.41) is 2.78. The number of ketones is 1. The largest absolute Gasteiger partial charge is 0.481 e. The Hall–Kier alpha value is -2.62. The number of amides is 1. The zero-order valence-electron chi connectivity index (χ0n) is 14.5. The molecule has 2 rings (SSSR count). The quantitative estimate of drug-likeness (QED) is 0.800. The smallest absolute Gasteiger partial charge is 0.265 e. The monoisotopic (exact) mass is 325 g/mol. The number of nitrogens with one attached hydrogen (secondary N) is 1. The number of hydrogen-bond acceptors (Lipinski definition) is 3. The van der Waals surface area contributed by atoms with E-state index in [0.29, 0.717) is 22.9 Å². The average molecular weight is 325 g/mol. The highest BCUT2D eigenvalue weighted by Gasteiger charge is 2.15. The Morgan fingerprint density at radius 1 is 1.00 bits per heavy atom. The van der Waals surface area contributed by atoms with E-state index in [9.17, 15) is 9.59 Å². The normalized spacial score (nSPS) is 11.9. The Kier molecular flexibility index (Phi) is 5.74. The molecule has 0 aliphatic carbocycles. The first-order valence-corrected chi connectivity index (χ1v) is 8.05.